The van der Waals surface area contributed by atoms with E-state index in [1.165, 1.54) is 6.42 Å². The van der Waals surface area contributed by atoms with Crippen molar-refractivity contribution in [2.24, 2.45) is 17.8 Å². The van der Waals surface area contributed by atoms with Crippen molar-refractivity contribution in [2.75, 3.05) is 5.32 Å². The minimum atomic E-state index is 0.171. The van der Waals surface area contributed by atoms with Gasteiger partial charge in [-0.1, -0.05) is 0 Å². The van der Waals surface area contributed by atoms with Crippen LogP contribution in [0.25, 0.3) is 0 Å². The molecule has 1 aromatic heterocycles. The third-order valence-electron chi connectivity index (χ3n) is 3.92. The van der Waals surface area contributed by atoms with Gasteiger partial charge in [-0.05, 0) is 66.1 Å². The summed E-state index contributed by atoms with van der Waals surface area (Å²) in [6, 6.07) is 3.76. The van der Waals surface area contributed by atoms with Crippen molar-refractivity contribution in [3.05, 3.63) is 22.4 Å². The van der Waals surface area contributed by atoms with Crippen molar-refractivity contribution in [1.29, 1.82) is 0 Å². The number of carbonyl (C=O) groups is 1. The number of amides is 1. The van der Waals surface area contributed by atoms with Gasteiger partial charge in [-0.3, -0.25) is 4.79 Å². The molecular weight excluding hydrogens is 280 g/mol. The maximum Gasteiger partial charge on any atom is 0.227 e. The lowest BCUT2D eigenvalue weighted by Crippen LogP contribution is -2.22. The van der Waals surface area contributed by atoms with Gasteiger partial charge in [0, 0.05) is 5.92 Å². The smallest absolute Gasteiger partial charge is 0.227 e. The van der Waals surface area contributed by atoms with E-state index >= 15 is 0 Å². The lowest BCUT2D eigenvalue weighted by Gasteiger charge is -2.13. The topological polar surface area (TPSA) is 42.0 Å². The number of nitrogens with one attached hydrogen (secondary N) is 1. The molecule has 2 aliphatic rings. The number of nitrogens with zero attached hydrogens (tertiary/aromatic N) is 1. The van der Waals surface area contributed by atoms with Crippen LogP contribution in [-0.4, -0.2) is 10.9 Å². The highest BCUT2D eigenvalue weighted by Crippen LogP contribution is 2.54. The number of fused-ring (bicyclic) bond motifs is 1. The van der Waals surface area contributed by atoms with E-state index in [1.807, 2.05) is 19.1 Å². The van der Waals surface area contributed by atoms with E-state index < -0.39 is 0 Å². The molecule has 0 saturated heterocycles. The Morgan fingerprint density at radius 3 is 2.71 bits per heavy atom. The van der Waals surface area contributed by atoms with Gasteiger partial charge in [0.2, 0.25) is 5.91 Å². The summed E-state index contributed by atoms with van der Waals surface area (Å²) in [5.74, 6) is 2.08. The van der Waals surface area contributed by atoms with Gasteiger partial charge in [-0.25, -0.2) is 4.98 Å². The summed E-state index contributed by atoms with van der Waals surface area (Å²) in [4.78, 5) is 16.3. The standard InChI is InChI=1S/C13H15BrN2O/c1-7-11(2-3-12(14)15-7)16-13(17)10-5-8-4-9(8)6-10/h2-3,8-10H,4-6H2,1H3,(H,16,17). The van der Waals surface area contributed by atoms with Gasteiger partial charge in [0.05, 0.1) is 11.4 Å². The lowest BCUT2D eigenvalue weighted by molar-refractivity contribution is -0.120. The summed E-state index contributed by atoms with van der Waals surface area (Å²) >= 11 is 3.32. The molecule has 1 N–H and O–H groups in total. The first-order valence-corrected chi connectivity index (χ1v) is 6.87. The molecule has 1 aromatic rings. The molecule has 2 saturated carbocycles. The lowest BCUT2D eigenvalue weighted by atomic mass is 10.0. The highest BCUT2D eigenvalue weighted by Gasteiger charge is 2.47. The first-order chi connectivity index (χ1) is 8.13. The van der Waals surface area contributed by atoms with E-state index in [0.717, 1.165) is 40.7 Å². The SMILES string of the molecule is Cc1nc(Br)ccc1NC(=O)C1CC2CC2C1. The molecule has 2 aliphatic carbocycles. The summed E-state index contributed by atoms with van der Waals surface area (Å²) in [6.45, 7) is 1.91. The number of aryl methyl sites for hydroxylation is 1. The first kappa shape index (κ1) is 11.2. The van der Waals surface area contributed by atoms with Gasteiger partial charge in [0.1, 0.15) is 4.60 Å². The second-order valence-corrected chi connectivity index (χ2v) is 5.99. The predicted molar refractivity (Wildman–Crippen MR) is 69.6 cm³/mol. The second kappa shape index (κ2) is 4.09. The number of aromatic nitrogens is 1. The van der Waals surface area contributed by atoms with Crippen molar-refractivity contribution in [1.82, 2.24) is 4.98 Å². The Morgan fingerprint density at radius 1 is 1.35 bits per heavy atom. The maximum absolute atomic E-state index is 12.1. The van der Waals surface area contributed by atoms with Gasteiger partial charge in [-0.2, -0.15) is 0 Å². The average Bonchev–Trinajstić information content (AvgIpc) is 2.89. The van der Waals surface area contributed by atoms with Crippen molar-refractivity contribution >= 4 is 27.5 Å². The summed E-state index contributed by atoms with van der Waals surface area (Å²) in [6.07, 6.45) is 3.52. The molecular formula is C13H15BrN2O. The van der Waals surface area contributed by atoms with Crippen LogP contribution in [0, 0.1) is 24.7 Å². The van der Waals surface area contributed by atoms with Crippen LogP contribution in [0.4, 0.5) is 5.69 Å². The molecule has 90 valence electrons. The Morgan fingerprint density at radius 2 is 2.06 bits per heavy atom. The van der Waals surface area contributed by atoms with Crippen molar-refractivity contribution in [3.8, 4) is 0 Å². The highest BCUT2D eigenvalue weighted by molar-refractivity contribution is 9.10. The van der Waals surface area contributed by atoms with Crippen LogP contribution >= 0.6 is 15.9 Å². The number of carbonyl (C=O) groups excluding carboxylic acids is 1. The Hall–Kier alpha value is -0.900. The molecule has 0 aliphatic heterocycles. The van der Waals surface area contributed by atoms with Crippen molar-refractivity contribution < 1.29 is 4.79 Å². The quantitative estimate of drug-likeness (QED) is 0.852. The Kier molecular flexibility index (Phi) is 2.69. The fourth-order valence-electron chi connectivity index (χ4n) is 2.83. The molecule has 3 rings (SSSR count). The molecule has 1 amide bonds. The summed E-state index contributed by atoms with van der Waals surface area (Å²) in [7, 11) is 0. The zero-order valence-corrected chi connectivity index (χ0v) is 11.3. The van der Waals surface area contributed by atoms with Crippen molar-refractivity contribution in [2.45, 2.75) is 26.2 Å². The molecule has 4 heteroatoms. The molecule has 1 heterocycles. The van der Waals surface area contributed by atoms with Crippen LogP contribution in [0.1, 0.15) is 25.0 Å². The number of anilines is 1. The van der Waals surface area contributed by atoms with Gasteiger partial charge >= 0.3 is 0 Å². The van der Waals surface area contributed by atoms with Gasteiger partial charge in [0.25, 0.3) is 0 Å². The third kappa shape index (κ3) is 2.23. The molecule has 17 heavy (non-hydrogen) atoms. The van der Waals surface area contributed by atoms with Crippen LogP contribution in [0.5, 0.6) is 0 Å². The number of rotatable bonds is 2. The molecule has 2 fully saturated rings. The van der Waals surface area contributed by atoms with Crippen LogP contribution in [-0.2, 0) is 4.79 Å². The summed E-state index contributed by atoms with van der Waals surface area (Å²) < 4.78 is 0.801. The van der Waals surface area contributed by atoms with Gasteiger partial charge in [-0.15, -0.1) is 0 Å². The molecule has 2 unspecified atom stereocenters. The van der Waals surface area contributed by atoms with Crippen LogP contribution in [0.15, 0.2) is 16.7 Å². The largest absolute Gasteiger partial charge is 0.324 e. The number of halogens is 1. The van der Waals surface area contributed by atoms with Crippen molar-refractivity contribution in [3.63, 3.8) is 0 Å². The van der Waals surface area contributed by atoms with Gasteiger partial charge < -0.3 is 5.32 Å². The summed E-state index contributed by atoms with van der Waals surface area (Å²) in [5, 5.41) is 3.00. The van der Waals surface area contributed by atoms with E-state index in [2.05, 4.69) is 26.2 Å². The second-order valence-electron chi connectivity index (χ2n) is 5.18. The van der Waals surface area contributed by atoms with E-state index in [-0.39, 0.29) is 11.8 Å². The van der Waals surface area contributed by atoms with Gasteiger partial charge in [0.15, 0.2) is 0 Å². The highest BCUT2D eigenvalue weighted by atomic mass is 79.9. The number of pyridine rings is 1. The zero-order valence-electron chi connectivity index (χ0n) is 9.74. The number of hydrogen-bond acceptors (Lipinski definition) is 2. The maximum atomic E-state index is 12.1. The van der Waals surface area contributed by atoms with Crippen LogP contribution in [0.3, 0.4) is 0 Å². The average molecular weight is 295 g/mol. The Labute approximate surface area is 109 Å². The molecule has 3 nitrogen and oxygen atoms in total. The first-order valence-electron chi connectivity index (χ1n) is 6.07. The van der Waals surface area contributed by atoms with Crippen LogP contribution in [0.2, 0.25) is 0 Å². The molecule has 0 radical (unpaired) electrons. The van der Waals surface area contributed by atoms with Crippen LogP contribution < -0.4 is 5.32 Å². The third-order valence-corrected chi connectivity index (χ3v) is 4.37. The normalized spacial score (nSPS) is 29.9. The van der Waals surface area contributed by atoms with E-state index in [0.29, 0.717) is 0 Å². The van der Waals surface area contributed by atoms with E-state index in [9.17, 15) is 4.79 Å². The molecule has 2 atom stereocenters. The number of hydrogen-bond donors (Lipinski definition) is 1. The Balaban J connectivity index is 1.67. The fourth-order valence-corrected chi connectivity index (χ4v) is 3.22. The molecule has 0 aromatic carbocycles. The fraction of sp³-hybridized carbons (Fsp3) is 0.538. The Bertz CT molecular complexity index is 464. The minimum absolute atomic E-state index is 0.171. The molecule has 0 spiro atoms. The van der Waals surface area contributed by atoms with E-state index in [1.54, 1.807) is 0 Å². The summed E-state index contributed by atoms with van der Waals surface area (Å²) in [5.41, 5.74) is 1.69. The monoisotopic (exact) mass is 294 g/mol. The zero-order chi connectivity index (χ0) is 12.0. The predicted octanol–water partition coefficient (Wildman–Crippen LogP) is 3.14. The molecule has 0 bridgehead atoms. The van der Waals surface area contributed by atoms with E-state index in [4.69, 9.17) is 0 Å². The minimum Gasteiger partial charge on any atom is -0.324 e.